The quantitative estimate of drug-likeness (QED) is 0.0552. The van der Waals surface area contributed by atoms with E-state index in [9.17, 15) is 14.3 Å². The van der Waals surface area contributed by atoms with Crippen molar-refractivity contribution >= 4 is 40.6 Å². The molecule has 46 heavy (non-hydrogen) atoms. The number of nitrogens with one attached hydrogen (secondary N) is 4. The van der Waals surface area contributed by atoms with Crippen LogP contribution in [0, 0.1) is 11.2 Å². The Morgan fingerprint density at radius 1 is 1.02 bits per heavy atom. The fourth-order valence-electron chi connectivity index (χ4n) is 4.72. The van der Waals surface area contributed by atoms with Crippen molar-refractivity contribution in [2.45, 2.75) is 26.8 Å². The van der Waals surface area contributed by atoms with E-state index in [0.717, 1.165) is 71.7 Å². The maximum Gasteiger partial charge on any atom is 0.151 e. The van der Waals surface area contributed by atoms with E-state index >= 15 is 0 Å². The summed E-state index contributed by atoms with van der Waals surface area (Å²) in [6.45, 7) is 8.23. The molecule has 3 aromatic carbocycles. The van der Waals surface area contributed by atoms with Gasteiger partial charge in [-0.2, -0.15) is 0 Å². The fraction of sp³-hybridized carbons (Fsp3) is 0.257. The molecule has 0 saturated carbocycles. The molecule has 2 aromatic heterocycles. The number of nitrogens with zero attached hydrogens (tertiary/aromatic N) is 3. The average molecular weight is 626 g/mol. The highest BCUT2D eigenvalue weighted by atomic mass is 19.1. The molecule has 0 saturated heterocycles. The van der Waals surface area contributed by atoms with Gasteiger partial charge < -0.3 is 35.8 Å². The van der Waals surface area contributed by atoms with Crippen molar-refractivity contribution in [3.8, 4) is 5.69 Å². The van der Waals surface area contributed by atoms with Crippen LogP contribution in [0.1, 0.15) is 40.9 Å². The van der Waals surface area contributed by atoms with Crippen LogP contribution in [0.3, 0.4) is 0 Å². The minimum Gasteiger partial charge on any atom is -0.396 e. The maximum atomic E-state index is 13.2. The average Bonchev–Trinajstić information content (AvgIpc) is 3.50. The molecule has 0 bridgehead atoms. The van der Waals surface area contributed by atoms with Crippen LogP contribution >= 0.6 is 0 Å². The van der Waals surface area contributed by atoms with E-state index in [4.69, 9.17) is 10.1 Å². The van der Waals surface area contributed by atoms with Gasteiger partial charge in [-0.15, -0.1) is 0 Å². The zero-order valence-corrected chi connectivity index (χ0v) is 26.1. The minimum absolute atomic E-state index is 0.0389. The molecule has 5 N–H and O–H groups in total. The Labute approximate surface area is 268 Å². The number of fused-ring (bicyclic) bond motifs is 1. The van der Waals surface area contributed by atoms with Crippen molar-refractivity contribution in [1.82, 2.24) is 19.9 Å². The van der Waals surface area contributed by atoms with Crippen LogP contribution in [0.5, 0.6) is 0 Å². The molecular weight excluding hydrogens is 585 g/mol. The lowest BCUT2D eigenvalue weighted by Gasteiger charge is -2.14. The summed E-state index contributed by atoms with van der Waals surface area (Å²) in [4.78, 5) is 20.3. The predicted molar refractivity (Wildman–Crippen MR) is 181 cm³/mol. The molecule has 0 amide bonds. The second-order valence-electron chi connectivity index (χ2n) is 10.3. The molecule has 0 spiro atoms. The number of aldehydes is 1. The van der Waals surface area contributed by atoms with Gasteiger partial charge in [0.25, 0.3) is 0 Å². The van der Waals surface area contributed by atoms with E-state index in [1.165, 1.54) is 24.7 Å². The first kappa shape index (κ1) is 33.9. The highest BCUT2D eigenvalue weighted by Crippen LogP contribution is 2.28. The van der Waals surface area contributed by atoms with Crippen molar-refractivity contribution in [2.75, 3.05) is 43.5 Å². The van der Waals surface area contributed by atoms with Gasteiger partial charge in [0, 0.05) is 78.5 Å². The van der Waals surface area contributed by atoms with Crippen LogP contribution in [0.25, 0.3) is 16.6 Å². The van der Waals surface area contributed by atoms with E-state index in [1.807, 2.05) is 54.1 Å². The number of aliphatic hydroxyl groups is 1. The van der Waals surface area contributed by atoms with Gasteiger partial charge in [-0.05, 0) is 79.5 Å². The molecule has 10 nitrogen and oxygen atoms in total. The van der Waals surface area contributed by atoms with Gasteiger partial charge in [-0.1, -0.05) is 19.1 Å². The number of aromatic nitrogens is 3. The van der Waals surface area contributed by atoms with Crippen molar-refractivity contribution in [3.05, 3.63) is 107 Å². The third-order valence-corrected chi connectivity index (χ3v) is 7.11. The van der Waals surface area contributed by atoms with Crippen LogP contribution in [0.15, 0.2) is 79.4 Å². The largest absolute Gasteiger partial charge is 0.396 e. The summed E-state index contributed by atoms with van der Waals surface area (Å²) < 4.78 is 20.1. The zero-order chi connectivity index (χ0) is 32.7. The summed E-state index contributed by atoms with van der Waals surface area (Å²) in [7, 11) is 0. The molecule has 0 fully saturated rings. The first-order valence-corrected chi connectivity index (χ1v) is 15.2. The van der Waals surface area contributed by atoms with Gasteiger partial charge in [-0.3, -0.25) is 4.79 Å². The van der Waals surface area contributed by atoms with E-state index in [0.29, 0.717) is 29.9 Å². The van der Waals surface area contributed by atoms with Crippen LogP contribution in [0.2, 0.25) is 0 Å². The molecule has 11 heteroatoms. The molecule has 0 unspecified atom stereocenters. The molecule has 5 aromatic rings. The molecule has 2 heterocycles. The lowest BCUT2D eigenvalue weighted by Crippen LogP contribution is -2.18. The van der Waals surface area contributed by atoms with E-state index in [1.54, 1.807) is 18.3 Å². The Hall–Kier alpha value is -4.97. The summed E-state index contributed by atoms with van der Waals surface area (Å²) in [6, 6.07) is 17.6. The van der Waals surface area contributed by atoms with Gasteiger partial charge >= 0.3 is 0 Å². The maximum absolute atomic E-state index is 13.2. The Bertz CT molecular complexity index is 1720. The number of carbonyl (C=O) groups excluding carboxylic acids is 1. The second kappa shape index (κ2) is 17.5. The summed E-state index contributed by atoms with van der Waals surface area (Å²) >= 11 is 0. The fourth-order valence-corrected chi connectivity index (χ4v) is 4.72. The van der Waals surface area contributed by atoms with Crippen LogP contribution in [-0.4, -0.2) is 65.1 Å². The minimum atomic E-state index is -0.278. The molecule has 240 valence electrons. The molecular formula is C35H40FN7O3. The predicted octanol–water partition coefficient (Wildman–Crippen LogP) is 5.89. The third kappa shape index (κ3) is 9.27. The number of aliphatic hydroxyl groups excluding tert-OH is 1. The molecule has 0 aliphatic rings. The Morgan fingerprint density at radius 2 is 1.85 bits per heavy atom. The number of hydrogen-bond donors (Lipinski definition) is 5. The Morgan fingerprint density at radius 3 is 2.57 bits per heavy atom. The summed E-state index contributed by atoms with van der Waals surface area (Å²) in [5, 5.41) is 27.8. The monoisotopic (exact) mass is 625 g/mol. The van der Waals surface area contributed by atoms with Crippen molar-refractivity contribution in [1.29, 1.82) is 5.41 Å². The number of halogens is 1. The molecule has 0 radical (unpaired) electrons. The summed E-state index contributed by atoms with van der Waals surface area (Å²) in [6.07, 6.45) is 7.53. The number of likely N-dealkylation sites (N-methyl/N-ethyl adjacent to an activating group) is 1. The SMILES string of the molecule is CCNCCOCC.N=Cc1cc(Nc2ncnc3ccc(-n4cc(C=O)c(CCO)c4)cc23)ccc1NCc1ccc(F)cc1. The Balaban J connectivity index is 0.000000533. The van der Waals surface area contributed by atoms with Gasteiger partial charge in [0.1, 0.15) is 18.0 Å². The van der Waals surface area contributed by atoms with E-state index in [2.05, 4.69) is 32.8 Å². The molecule has 0 atom stereocenters. The first-order chi connectivity index (χ1) is 22.5. The number of hydrogen-bond acceptors (Lipinski definition) is 9. The standard InChI is InChI=1S/C29H25FN6O2.C6H15NO/c30-23-3-1-19(2-4-23)14-32-27-7-5-24(11-21(27)13-31)35-29-26-12-25(6-8-28(26)33-18-34-29)36-15-20(9-10-37)22(16-36)17-38;1-3-7-5-6-8-4-2/h1-8,11-13,15-18,31-32,37H,9-10,14H2,(H,33,34,35);7H,3-6H2,1-2H3. The summed E-state index contributed by atoms with van der Waals surface area (Å²) in [5.41, 5.74) is 6.02. The lowest BCUT2D eigenvalue weighted by atomic mass is 10.1. The van der Waals surface area contributed by atoms with Crippen molar-refractivity contribution in [3.63, 3.8) is 0 Å². The molecule has 0 aliphatic carbocycles. The van der Waals surface area contributed by atoms with Gasteiger partial charge in [0.15, 0.2) is 6.29 Å². The number of ether oxygens (including phenoxy) is 1. The second-order valence-corrected chi connectivity index (χ2v) is 10.3. The number of rotatable bonds is 15. The van der Waals surface area contributed by atoms with Gasteiger partial charge in [0.05, 0.1) is 12.1 Å². The topological polar surface area (TPSA) is 137 Å². The number of anilines is 3. The van der Waals surface area contributed by atoms with E-state index < -0.39 is 0 Å². The van der Waals surface area contributed by atoms with Crippen molar-refractivity contribution < 1.29 is 19.0 Å². The number of benzene rings is 3. The molecule has 0 aliphatic heterocycles. The first-order valence-electron chi connectivity index (χ1n) is 15.2. The van der Waals surface area contributed by atoms with Gasteiger partial charge in [0.2, 0.25) is 0 Å². The smallest absolute Gasteiger partial charge is 0.151 e. The highest BCUT2D eigenvalue weighted by Gasteiger charge is 2.11. The van der Waals surface area contributed by atoms with Crippen LogP contribution in [-0.2, 0) is 17.7 Å². The highest BCUT2D eigenvalue weighted by molar-refractivity contribution is 5.93. The Kier molecular flexibility index (Phi) is 12.9. The van der Waals surface area contributed by atoms with Gasteiger partial charge in [-0.25, -0.2) is 14.4 Å². The molecule has 5 rings (SSSR count). The third-order valence-electron chi connectivity index (χ3n) is 7.11. The number of carbonyl (C=O) groups is 1. The van der Waals surface area contributed by atoms with Crippen LogP contribution < -0.4 is 16.0 Å². The normalized spacial score (nSPS) is 10.7. The van der Waals surface area contributed by atoms with Crippen molar-refractivity contribution in [2.24, 2.45) is 0 Å². The van der Waals surface area contributed by atoms with Crippen LogP contribution in [0.4, 0.5) is 21.6 Å². The van der Waals surface area contributed by atoms with E-state index in [-0.39, 0.29) is 12.4 Å². The zero-order valence-electron chi connectivity index (χ0n) is 26.1. The lowest BCUT2D eigenvalue weighted by molar-refractivity contribution is 0.112. The summed E-state index contributed by atoms with van der Waals surface area (Å²) in [5.74, 6) is 0.317.